The molecule has 0 spiro atoms. The van der Waals surface area contributed by atoms with E-state index < -0.39 is 0 Å². The monoisotopic (exact) mass is 203 g/mol. The zero-order valence-electron chi connectivity index (χ0n) is 8.91. The lowest BCUT2D eigenvalue weighted by Gasteiger charge is -2.11. The zero-order valence-corrected chi connectivity index (χ0v) is 8.91. The van der Waals surface area contributed by atoms with Crippen molar-refractivity contribution >= 4 is 6.29 Å². The van der Waals surface area contributed by atoms with E-state index >= 15 is 0 Å². The summed E-state index contributed by atoms with van der Waals surface area (Å²) in [7, 11) is 0. The van der Waals surface area contributed by atoms with Crippen LogP contribution in [0, 0.1) is 0 Å². The molecule has 1 N–H and O–H groups in total. The van der Waals surface area contributed by atoms with Gasteiger partial charge < -0.3 is 5.32 Å². The number of nitrogens with one attached hydrogen (secondary N) is 1. The molecule has 0 radical (unpaired) electrons. The molecular weight excluding hydrogens is 186 g/mol. The molecule has 1 aromatic rings. The number of hydrogen-bond acceptors (Lipinski definition) is 2. The van der Waals surface area contributed by atoms with Gasteiger partial charge in [-0.25, -0.2) is 0 Å². The molecule has 1 fully saturated rings. The van der Waals surface area contributed by atoms with Gasteiger partial charge in [-0.1, -0.05) is 31.0 Å². The smallest absolute Gasteiger partial charge is 0.150 e. The van der Waals surface area contributed by atoms with Crippen molar-refractivity contribution in [3.8, 4) is 0 Å². The summed E-state index contributed by atoms with van der Waals surface area (Å²) in [6, 6.07) is 8.48. The van der Waals surface area contributed by atoms with Gasteiger partial charge in [0.05, 0.1) is 0 Å². The van der Waals surface area contributed by atoms with Crippen molar-refractivity contribution in [2.24, 2.45) is 0 Å². The van der Waals surface area contributed by atoms with E-state index in [0.29, 0.717) is 6.04 Å². The standard InChI is InChI=1S/C13H17NO/c15-10-12-5-3-4-11(8-12)9-14-13-6-1-2-7-13/h3-5,8,10,13-14H,1-2,6-7,9H2. The Balaban J connectivity index is 1.89. The predicted octanol–water partition coefficient (Wildman–Crippen LogP) is 2.53. The van der Waals surface area contributed by atoms with Crippen LogP contribution in [0.4, 0.5) is 0 Å². The summed E-state index contributed by atoms with van der Waals surface area (Å²) < 4.78 is 0. The maximum Gasteiger partial charge on any atom is 0.150 e. The van der Waals surface area contributed by atoms with E-state index in [-0.39, 0.29) is 0 Å². The van der Waals surface area contributed by atoms with E-state index in [1.165, 1.54) is 31.2 Å². The SMILES string of the molecule is O=Cc1cccc(CNC2CCCC2)c1. The Bertz CT molecular complexity index is 329. The van der Waals surface area contributed by atoms with Crippen LogP contribution in [0.15, 0.2) is 24.3 Å². The molecule has 0 aliphatic heterocycles. The molecule has 2 nitrogen and oxygen atoms in total. The van der Waals surface area contributed by atoms with Gasteiger partial charge in [-0.2, -0.15) is 0 Å². The summed E-state index contributed by atoms with van der Waals surface area (Å²) in [5.74, 6) is 0. The zero-order chi connectivity index (χ0) is 10.5. The number of hydrogen-bond donors (Lipinski definition) is 1. The van der Waals surface area contributed by atoms with Gasteiger partial charge in [-0.3, -0.25) is 4.79 Å². The Morgan fingerprint density at radius 2 is 2.13 bits per heavy atom. The van der Waals surface area contributed by atoms with Gasteiger partial charge >= 0.3 is 0 Å². The quantitative estimate of drug-likeness (QED) is 0.762. The van der Waals surface area contributed by atoms with Crippen LogP contribution in [-0.4, -0.2) is 12.3 Å². The van der Waals surface area contributed by atoms with Crippen LogP contribution >= 0.6 is 0 Å². The third-order valence-corrected chi connectivity index (χ3v) is 3.04. The molecule has 2 rings (SSSR count). The molecule has 0 saturated heterocycles. The molecular formula is C13H17NO. The van der Waals surface area contributed by atoms with Gasteiger partial charge in [0.2, 0.25) is 0 Å². The normalized spacial score (nSPS) is 16.8. The molecule has 15 heavy (non-hydrogen) atoms. The van der Waals surface area contributed by atoms with Gasteiger partial charge in [0.15, 0.2) is 0 Å². The van der Waals surface area contributed by atoms with Crippen LogP contribution < -0.4 is 5.32 Å². The summed E-state index contributed by atoms with van der Waals surface area (Å²) in [4.78, 5) is 10.6. The topological polar surface area (TPSA) is 29.1 Å². The van der Waals surface area contributed by atoms with E-state index in [4.69, 9.17) is 0 Å². The number of carbonyl (C=O) groups is 1. The highest BCUT2D eigenvalue weighted by Gasteiger charge is 2.13. The Morgan fingerprint density at radius 1 is 1.33 bits per heavy atom. The first-order chi connectivity index (χ1) is 7.38. The second-order valence-corrected chi connectivity index (χ2v) is 4.23. The fourth-order valence-corrected chi connectivity index (χ4v) is 2.17. The first kappa shape index (κ1) is 10.4. The number of aldehydes is 1. The second-order valence-electron chi connectivity index (χ2n) is 4.23. The molecule has 0 heterocycles. The van der Waals surface area contributed by atoms with Crippen LogP contribution in [0.25, 0.3) is 0 Å². The Kier molecular flexibility index (Phi) is 3.51. The maximum atomic E-state index is 10.6. The largest absolute Gasteiger partial charge is 0.310 e. The number of rotatable bonds is 4. The van der Waals surface area contributed by atoms with Crippen molar-refractivity contribution in [2.75, 3.05) is 0 Å². The van der Waals surface area contributed by atoms with Crippen molar-refractivity contribution in [1.82, 2.24) is 5.32 Å². The molecule has 1 aliphatic rings. The van der Waals surface area contributed by atoms with Crippen LogP contribution in [-0.2, 0) is 6.54 Å². The van der Waals surface area contributed by atoms with Crippen molar-refractivity contribution in [3.05, 3.63) is 35.4 Å². The van der Waals surface area contributed by atoms with Gasteiger partial charge in [0.1, 0.15) is 6.29 Å². The second kappa shape index (κ2) is 5.08. The number of benzene rings is 1. The fraction of sp³-hybridized carbons (Fsp3) is 0.462. The summed E-state index contributed by atoms with van der Waals surface area (Å²) in [5, 5.41) is 3.53. The van der Waals surface area contributed by atoms with E-state index in [1.54, 1.807) is 0 Å². The molecule has 0 bridgehead atoms. The lowest BCUT2D eigenvalue weighted by molar-refractivity contribution is 0.112. The van der Waals surface area contributed by atoms with Crippen molar-refractivity contribution < 1.29 is 4.79 Å². The van der Waals surface area contributed by atoms with Crippen LogP contribution in [0.3, 0.4) is 0 Å². The molecule has 2 heteroatoms. The molecule has 1 aromatic carbocycles. The van der Waals surface area contributed by atoms with Crippen LogP contribution in [0.5, 0.6) is 0 Å². The Labute approximate surface area is 90.7 Å². The summed E-state index contributed by atoms with van der Waals surface area (Å²) in [6.07, 6.45) is 6.21. The third-order valence-electron chi connectivity index (χ3n) is 3.04. The van der Waals surface area contributed by atoms with Gasteiger partial charge in [0.25, 0.3) is 0 Å². The minimum atomic E-state index is 0.685. The highest BCUT2D eigenvalue weighted by atomic mass is 16.1. The molecule has 80 valence electrons. The van der Waals surface area contributed by atoms with Crippen LogP contribution in [0.1, 0.15) is 41.6 Å². The fourth-order valence-electron chi connectivity index (χ4n) is 2.17. The average Bonchev–Trinajstić information content (AvgIpc) is 2.79. The van der Waals surface area contributed by atoms with Gasteiger partial charge in [-0.15, -0.1) is 0 Å². The average molecular weight is 203 g/mol. The number of carbonyl (C=O) groups excluding carboxylic acids is 1. The minimum Gasteiger partial charge on any atom is -0.310 e. The molecule has 0 atom stereocenters. The first-order valence-corrected chi connectivity index (χ1v) is 5.66. The van der Waals surface area contributed by atoms with Crippen molar-refractivity contribution in [2.45, 2.75) is 38.3 Å². The summed E-state index contributed by atoms with van der Waals surface area (Å²) in [5.41, 5.74) is 1.97. The summed E-state index contributed by atoms with van der Waals surface area (Å²) in [6.45, 7) is 0.881. The van der Waals surface area contributed by atoms with Crippen molar-refractivity contribution in [3.63, 3.8) is 0 Å². The predicted molar refractivity (Wildman–Crippen MR) is 60.9 cm³/mol. The first-order valence-electron chi connectivity index (χ1n) is 5.66. The van der Waals surface area contributed by atoms with Crippen molar-refractivity contribution in [1.29, 1.82) is 0 Å². The van der Waals surface area contributed by atoms with E-state index in [0.717, 1.165) is 18.4 Å². The minimum absolute atomic E-state index is 0.685. The summed E-state index contributed by atoms with van der Waals surface area (Å²) >= 11 is 0. The van der Waals surface area contributed by atoms with Gasteiger partial charge in [0, 0.05) is 18.2 Å². The maximum absolute atomic E-state index is 10.6. The van der Waals surface area contributed by atoms with Gasteiger partial charge in [-0.05, 0) is 24.5 Å². The highest BCUT2D eigenvalue weighted by Crippen LogP contribution is 2.18. The lowest BCUT2D eigenvalue weighted by atomic mass is 10.1. The van der Waals surface area contributed by atoms with E-state index in [2.05, 4.69) is 11.4 Å². The molecule has 1 aliphatic carbocycles. The van der Waals surface area contributed by atoms with E-state index in [9.17, 15) is 4.79 Å². The van der Waals surface area contributed by atoms with Crippen LogP contribution in [0.2, 0.25) is 0 Å². The molecule has 0 amide bonds. The molecule has 1 saturated carbocycles. The lowest BCUT2D eigenvalue weighted by Crippen LogP contribution is -2.25. The Morgan fingerprint density at radius 3 is 2.87 bits per heavy atom. The Hall–Kier alpha value is -1.15. The molecule has 0 unspecified atom stereocenters. The third kappa shape index (κ3) is 2.90. The van der Waals surface area contributed by atoms with E-state index in [1.807, 2.05) is 18.2 Å². The molecule has 0 aromatic heterocycles. The highest BCUT2D eigenvalue weighted by molar-refractivity contribution is 5.74.